The Morgan fingerprint density at radius 3 is 2.07 bits per heavy atom. The van der Waals surface area contributed by atoms with Gasteiger partial charge in [-0.15, -0.1) is 0 Å². The van der Waals surface area contributed by atoms with E-state index < -0.39 is 59.6 Å². The number of ether oxygens (including phenoxy) is 7. The molecule has 0 saturated carbocycles. The third-order valence-electron chi connectivity index (χ3n) is 7.50. The van der Waals surface area contributed by atoms with Crippen LogP contribution in [0.2, 0.25) is 0 Å². The molecule has 0 aliphatic carbocycles. The molecule has 44 heavy (non-hydrogen) atoms. The molecule has 1 N–H and O–H groups in total. The average molecular weight is 622 g/mol. The molecular weight excluding hydrogens is 574 g/mol. The van der Waals surface area contributed by atoms with Crippen LogP contribution in [0.15, 0.2) is 12.1 Å². The number of rotatable bonds is 11. The van der Waals surface area contributed by atoms with Crippen LogP contribution in [0, 0.1) is 19.3 Å². The van der Waals surface area contributed by atoms with Crippen molar-refractivity contribution in [3.8, 4) is 5.75 Å². The van der Waals surface area contributed by atoms with E-state index in [2.05, 4.69) is 5.32 Å². The van der Waals surface area contributed by atoms with E-state index in [9.17, 15) is 19.2 Å². The first-order valence-corrected chi connectivity index (χ1v) is 15.0. The minimum atomic E-state index is -0.976. The maximum atomic E-state index is 13.2. The van der Waals surface area contributed by atoms with Crippen molar-refractivity contribution in [2.75, 3.05) is 25.1 Å². The van der Waals surface area contributed by atoms with Crippen LogP contribution in [0.5, 0.6) is 5.75 Å². The molecule has 5 atom stereocenters. The van der Waals surface area contributed by atoms with Crippen molar-refractivity contribution in [1.82, 2.24) is 0 Å². The Morgan fingerprint density at radius 1 is 0.886 bits per heavy atom. The first-order chi connectivity index (χ1) is 20.5. The van der Waals surface area contributed by atoms with Crippen molar-refractivity contribution in [2.45, 2.75) is 118 Å². The predicted octanol–water partition coefficient (Wildman–Crippen LogP) is 4.16. The summed E-state index contributed by atoms with van der Waals surface area (Å²) in [6, 6.07) is 3.75. The molecule has 0 spiro atoms. The van der Waals surface area contributed by atoms with Crippen LogP contribution in [0.1, 0.15) is 78.9 Å². The molecule has 12 heteroatoms. The highest BCUT2D eigenvalue weighted by atomic mass is 16.7. The summed E-state index contributed by atoms with van der Waals surface area (Å²) in [6.45, 7) is 15.9. The lowest BCUT2D eigenvalue weighted by atomic mass is 9.85. The van der Waals surface area contributed by atoms with Crippen LogP contribution >= 0.6 is 0 Å². The van der Waals surface area contributed by atoms with E-state index in [-0.39, 0.29) is 12.5 Å². The zero-order chi connectivity index (χ0) is 32.8. The van der Waals surface area contributed by atoms with Gasteiger partial charge in [-0.1, -0.05) is 13.8 Å². The van der Waals surface area contributed by atoms with Gasteiger partial charge in [-0.25, -0.2) is 0 Å². The molecule has 1 amide bonds. The second-order valence-electron chi connectivity index (χ2n) is 12.6. The fourth-order valence-corrected chi connectivity index (χ4v) is 5.41. The van der Waals surface area contributed by atoms with Crippen LogP contribution in [0.3, 0.4) is 0 Å². The van der Waals surface area contributed by atoms with E-state index in [0.717, 1.165) is 11.1 Å². The highest BCUT2D eigenvalue weighted by Crippen LogP contribution is 2.36. The number of hydrogen-bond donors (Lipinski definition) is 1. The SMILES string of the molecule is CC(=O)O[C@@H]1[C@@H](OC(C)=O)[C@H](OC(C)=O)CO[C@@H]1CCCCOc1cc(C)c(NC(=O)C2OC(C)(C)OCC2(C)C)c(C)c1. The topological polar surface area (TPSA) is 145 Å². The minimum absolute atomic E-state index is 0.00774. The summed E-state index contributed by atoms with van der Waals surface area (Å²) in [6.07, 6.45) is -2.19. The van der Waals surface area contributed by atoms with Crippen molar-refractivity contribution in [1.29, 1.82) is 0 Å². The van der Waals surface area contributed by atoms with Crippen molar-refractivity contribution in [2.24, 2.45) is 5.41 Å². The monoisotopic (exact) mass is 621 g/mol. The Hall–Kier alpha value is -3.22. The molecule has 0 aromatic heterocycles. The molecule has 0 bridgehead atoms. The van der Waals surface area contributed by atoms with E-state index >= 15 is 0 Å². The zero-order valence-electron chi connectivity index (χ0n) is 27.3. The highest BCUT2D eigenvalue weighted by Gasteiger charge is 2.47. The summed E-state index contributed by atoms with van der Waals surface area (Å²) >= 11 is 0. The van der Waals surface area contributed by atoms with Crippen LogP contribution < -0.4 is 10.1 Å². The molecule has 2 aliphatic heterocycles. The van der Waals surface area contributed by atoms with Crippen molar-refractivity contribution in [3.63, 3.8) is 0 Å². The van der Waals surface area contributed by atoms with E-state index in [4.69, 9.17) is 33.2 Å². The van der Waals surface area contributed by atoms with Crippen LogP contribution in [-0.2, 0) is 47.6 Å². The number of carbonyl (C=O) groups is 4. The normalized spacial score (nSPS) is 25.8. The van der Waals surface area contributed by atoms with Crippen LogP contribution in [-0.4, -0.2) is 79.9 Å². The smallest absolute Gasteiger partial charge is 0.303 e. The van der Waals surface area contributed by atoms with Gasteiger partial charge in [0.1, 0.15) is 11.9 Å². The number of amides is 1. The minimum Gasteiger partial charge on any atom is -0.494 e. The van der Waals surface area contributed by atoms with Gasteiger partial charge in [0.15, 0.2) is 24.1 Å². The predicted molar refractivity (Wildman–Crippen MR) is 159 cm³/mol. The largest absolute Gasteiger partial charge is 0.494 e. The molecule has 12 nitrogen and oxygen atoms in total. The second-order valence-corrected chi connectivity index (χ2v) is 12.6. The number of hydrogen-bond acceptors (Lipinski definition) is 11. The van der Waals surface area contributed by atoms with Gasteiger partial charge in [-0.2, -0.15) is 0 Å². The van der Waals surface area contributed by atoms with Gasteiger partial charge >= 0.3 is 17.9 Å². The summed E-state index contributed by atoms with van der Waals surface area (Å²) in [4.78, 5) is 48.4. The van der Waals surface area contributed by atoms with Crippen molar-refractivity contribution in [3.05, 3.63) is 23.3 Å². The summed E-state index contributed by atoms with van der Waals surface area (Å²) < 4.78 is 39.8. The molecule has 3 rings (SSSR count). The fraction of sp³-hybridized carbons (Fsp3) is 0.688. The molecule has 1 unspecified atom stereocenters. The van der Waals surface area contributed by atoms with Crippen LogP contribution in [0.4, 0.5) is 5.69 Å². The quantitative estimate of drug-likeness (QED) is 0.216. The third kappa shape index (κ3) is 9.64. The van der Waals surface area contributed by atoms with E-state index in [1.54, 1.807) is 13.8 Å². The molecule has 2 heterocycles. The number of esters is 3. The lowest BCUT2D eigenvalue weighted by Crippen LogP contribution is -2.57. The van der Waals surface area contributed by atoms with E-state index in [1.165, 1.54) is 20.8 Å². The first-order valence-electron chi connectivity index (χ1n) is 15.0. The Kier molecular flexibility index (Phi) is 11.8. The Balaban J connectivity index is 1.56. The number of nitrogens with one attached hydrogen (secondary N) is 1. The number of anilines is 1. The molecule has 2 fully saturated rings. The summed E-state index contributed by atoms with van der Waals surface area (Å²) in [5.74, 6) is -2.11. The highest BCUT2D eigenvalue weighted by molar-refractivity contribution is 5.96. The molecule has 1 aromatic carbocycles. The molecule has 2 aliphatic rings. The van der Waals surface area contributed by atoms with E-state index in [1.807, 2.05) is 39.8 Å². The van der Waals surface area contributed by atoms with Crippen LogP contribution in [0.25, 0.3) is 0 Å². The number of unbranched alkanes of at least 4 members (excludes halogenated alkanes) is 1. The molecule has 0 radical (unpaired) electrons. The number of benzene rings is 1. The third-order valence-corrected chi connectivity index (χ3v) is 7.50. The molecule has 246 valence electrons. The zero-order valence-corrected chi connectivity index (χ0v) is 27.3. The van der Waals surface area contributed by atoms with Crippen molar-refractivity contribution >= 4 is 29.5 Å². The van der Waals surface area contributed by atoms with Crippen molar-refractivity contribution < 1.29 is 52.3 Å². The summed E-state index contributed by atoms with van der Waals surface area (Å²) in [5.41, 5.74) is 1.94. The van der Waals surface area contributed by atoms with E-state index in [0.29, 0.717) is 43.9 Å². The van der Waals surface area contributed by atoms with Gasteiger partial charge in [-0.3, -0.25) is 19.2 Å². The van der Waals surface area contributed by atoms with Gasteiger partial charge in [0, 0.05) is 31.9 Å². The maximum absolute atomic E-state index is 13.2. The lowest BCUT2D eigenvalue weighted by Gasteiger charge is -2.44. The Morgan fingerprint density at radius 2 is 1.48 bits per heavy atom. The maximum Gasteiger partial charge on any atom is 0.303 e. The summed E-state index contributed by atoms with van der Waals surface area (Å²) in [5, 5.41) is 3.04. The Labute approximate surface area is 259 Å². The standard InChI is InChI=1S/C32H47NO11/c1-18-14-23(15-19(2)26(18)33-30(37)29-31(6,7)17-40-32(8,9)44-29)38-13-11-10-12-24-27(42-21(4)35)28(43-22(5)36)25(16-39-24)41-20(3)34/h14-15,24-25,27-29H,10-13,16-17H2,1-9H3,(H,33,37)/t24-,25-,27+,28+,29?/m1/s1. The van der Waals surface area contributed by atoms with Gasteiger partial charge in [0.2, 0.25) is 0 Å². The average Bonchev–Trinajstić information content (AvgIpc) is 2.89. The number of carbonyl (C=O) groups excluding carboxylic acids is 4. The first kappa shape index (κ1) is 35.3. The Bertz CT molecular complexity index is 1190. The van der Waals surface area contributed by atoms with Gasteiger partial charge in [0.05, 0.1) is 25.9 Å². The summed E-state index contributed by atoms with van der Waals surface area (Å²) in [7, 11) is 0. The second kappa shape index (κ2) is 14.7. The fourth-order valence-electron chi connectivity index (χ4n) is 5.41. The van der Waals surface area contributed by atoms with Gasteiger partial charge in [0.25, 0.3) is 5.91 Å². The van der Waals surface area contributed by atoms with Gasteiger partial charge in [-0.05, 0) is 70.2 Å². The van der Waals surface area contributed by atoms with Gasteiger partial charge < -0.3 is 38.5 Å². The molecule has 1 aromatic rings. The molecule has 2 saturated heterocycles. The lowest BCUT2D eigenvalue weighted by molar-refractivity contribution is -0.303. The molecular formula is C32H47NO11. The number of aryl methyl sites for hydroxylation is 2.